The molecule has 0 spiro atoms. The molecule has 1 saturated heterocycles. The van der Waals surface area contributed by atoms with Gasteiger partial charge in [-0.15, -0.1) is 0 Å². The first-order chi connectivity index (χ1) is 17.1. The lowest BCUT2D eigenvalue weighted by atomic mass is 10.00. The molecule has 176 valence electrons. The van der Waals surface area contributed by atoms with Gasteiger partial charge in [0.05, 0.1) is 17.2 Å². The second-order valence-electron chi connectivity index (χ2n) is 9.28. The molecule has 1 aliphatic heterocycles. The molecule has 0 bridgehead atoms. The average Bonchev–Trinajstić information content (AvgIpc) is 3.34. The lowest BCUT2D eigenvalue weighted by Gasteiger charge is -2.32. The number of nitrogens with zero attached hydrogens (tertiary/aromatic N) is 4. The topological polar surface area (TPSA) is 60.1 Å². The van der Waals surface area contributed by atoms with E-state index in [0.717, 1.165) is 77.0 Å². The number of anilines is 2. The summed E-state index contributed by atoms with van der Waals surface area (Å²) in [6.45, 7) is 4.91. The molecule has 7 heteroatoms. The van der Waals surface area contributed by atoms with Crippen LogP contribution in [0.4, 0.5) is 15.8 Å². The van der Waals surface area contributed by atoms with Gasteiger partial charge in [0.25, 0.3) is 0 Å². The molecule has 2 aromatic heterocycles. The maximum atomic E-state index is 15.2. The van der Waals surface area contributed by atoms with E-state index in [0.29, 0.717) is 5.56 Å². The van der Waals surface area contributed by atoms with Crippen LogP contribution in [0.1, 0.15) is 5.56 Å². The number of pyridine rings is 1. The molecule has 6 rings (SSSR count). The number of benzene rings is 3. The summed E-state index contributed by atoms with van der Waals surface area (Å²) in [5.74, 6) is -0.195. The van der Waals surface area contributed by atoms with Gasteiger partial charge in [-0.05, 0) is 60.6 Å². The van der Waals surface area contributed by atoms with Gasteiger partial charge in [-0.3, -0.25) is 15.0 Å². The first-order valence-corrected chi connectivity index (χ1v) is 11.9. The molecule has 0 saturated carbocycles. The van der Waals surface area contributed by atoms with E-state index < -0.39 is 0 Å². The van der Waals surface area contributed by atoms with Gasteiger partial charge >= 0.3 is 0 Å². The van der Waals surface area contributed by atoms with Gasteiger partial charge in [0.15, 0.2) is 0 Å². The Kier molecular flexibility index (Phi) is 5.64. The Labute approximate surface area is 203 Å². The van der Waals surface area contributed by atoms with Crippen LogP contribution < -0.4 is 5.32 Å². The number of likely N-dealkylation sites (N-methyl/N-ethyl adjacent to an activating group) is 1. The van der Waals surface area contributed by atoms with Crippen LogP contribution in [0.15, 0.2) is 73.1 Å². The fourth-order valence-electron chi connectivity index (χ4n) is 4.75. The smallest absolute Gasteiger partial charge is 0.131 e. The summed E-state index contributed by atoms with van der Waals surface area (Å²) in [6.07, 6.45) is 3.59. The molecule has 0 unspecified atom stereocenters. The van der Waals surface area contributed by atoms with Gasteiger partial charge in [-0.2, -0.15) is 5.10 Å². The highest BCUT2D eigenvalue weighted by atomic mass is 19.1. The average molecular weight is 467 g/mol. The van der Waals surface area contributed by atoms with Crippen LogP contribution in [-0.4, -0.2) is 58.2 Å². The van der Waals surface area contributed by atoms with Crippen molar-refractivity contribution in [3.05, 3.63) is 84.4 Å². The third-order valence-electron chi connectivity index (χ3n) is 6.81. The highest BCUT2D eigenvalue weighted by Crippen LogP contribution is 2.32. The van der Waals surface area contributed by atoms with Crippen LogP contribution in [0.5, 0.6) is 0 Å². The molecule has 2 N–H and O–H groups in total. The number of hydrogen-bond acceptors (Lipinski definition) is 5. The van der Waals surface area contributed by atoms with E-state index >= 15 is 4.39 Å². The summed E-state index contributed by atoms with van der Waals surface area (Å²) < 4.78 is 15.2. The molecule has 1 fully saturated rings. The van der Waals surface area contributed by atoms with Crippen molar-refractivity contribution in [2.45, 2.75) is 6.54 Å². The second kappa shape index (κ2) is 9.09. The van der Waals surface area contributed by atoms with Crippen molar-refractivity contribution in [1.29, 1.82) is 0 Å². The standard InChI is InChI=1S/C28H27FN6/c1-34-10-12-35(13-11-34)18-19-2-6-23(25(29)14-19)20-4-7-26-24(15-20)27(8-9-30-26)32-22-5-3-21-17-31-33-28(21)16-22/h2-9,14-17H,10-13,18H2,1H3,(H,30,32)(H,31,33). The summed E-state index contributed by atoms with van der Waals surface area (Å²) in [7, 11) is 2.14. The Morgan fingerprint density at radius 2 is 1.86 bits per heavy atom. The largest absolute Gasteiger partial charge is 0.355 e. The Morgan fingerprint density at radius 3 is 2.71 bits per heavy atom. The SMILES string of the molecule is CN1CCN(Cc2ccc(-c3ccc4nccc(Nc5ccc6cn[nH]c6c5)c4c3)c(F)c2)CC1. The summed E-state index contributed by atoms with van der Waals surface area (Å²) in [6, 6.07) is 19.5. The molecule has 6 nitrogen and oxygen atoms in total. The van der Waals surface area contributed by atoms with Crippen LogP contribution in [0, 0.1) is 5.82 Å². The van der Waals surface area contributed by atoms with Gasteiger partial charge in [0.1, 0.15) is 5.82 Å². The number of fused-ring (bicyclic) bond motifs is 2. The van der Waals surface area contributed by atoms with Crippen molar-refractivity contribution in [2.24, 2.45) is 0 Å². The maximum Gasteiger partial charge on any atom is 0.131 e. The maximum absolute atomic E-state index is 15.2. The normalized spacial score (nSPS) is 15.1. The highest BCUT2D eigenvalue weighted by Gasteiger charge is 2.15. The molecular weight excluding hydrogens is 439 g/mol. The van der Waals surface area contributed by atoms with E-state index in [1.807, 2.05) is 54.6 Å². The van der Waals surface area contributed by atoms with Gasteiger partial charge in [-0.1, -0.05) is 18.2 Å². The molecule has 0 aliphatic carbocycles. The van der Waals surface area contributed by atoms with Crippen LogP contribution in [-0.2, 0) is 6.54 Å². The second-order valence-corrected chi connectivity index (χ2v) is 9.28. The van der Waals surface area contributed by atoms with Crippen molar-refractivity contribution in [1.82, 2.24) is 25.0 Å². The minimum Gasteiger partial charge on any atom is -0.355 e. The molecule has 5 aromatic rings. The molecule has 35 heavy (non-hydrogen) atoms. The number of nitrogens with one attached hydrogen (secondary N) is 2. The van der Waals surface area contributed by atoms with E-state index in [4.69, 9.17) is 0 Å². The summed E-state index contributed by atoms with van der Waals surface area (Å²) in [4.78, 5) is 9.22. The lowest BCUT2D eigenvalue weighted by molar-refractivity contribution is 0.148. The van der Waals surface area contributed by atoms with Gasteiger partial charge in [-0.25, -0.2) is 4.39 Å². The molecule has 0 radical (unpaired) electrons. The fraction of sp³-hybridized carbons (Fsp3) is 0.214. The first kappa shape index (κ1) is 21.7. The number of hydrogen-bond donors (Lipinski definition) is 2. The molecular formula is C28H27FN6. The summed E-state index contributed by atoms with van der Waals surface area (Å²) in [5.41, 5.74) is 6.13. The molecule has 1 aliphatic rings. The quantitative estimate of drug-likeness (QED) is 0.363. The molecule has 0 atom stereocenters. The molecule has 3 aromatic carbocycles. The van der Waals surface area contributed by atoms with Crippen LogP contribution >= 0.6 is 0 Å². The monoisotopic (exact) mass is 466 g/mol. The van der Waals surface area contributed by atoms with E-state index in [-0.39, 0.29) is 5.82 Å². The first-order valence-electron chi connectivity index (χ1n) is 11.9. The Balaban J connectivity index is 1.28. The predicted octanol–water partition coefficient (Wildman–Crippen LogP) is 5.41. The zero-order valence-corrected chi connectivity index (χ0v) is 19.6. The van der Waals surface area contributed by atoms with Crippen molar-refractivity contribution in [3.8, 4) is 11.1 Å². The Hall–Kier alpha value is -3.81. The van der Waals surface area contributed by atoms with Gasteiger partial charge < -0.3 is 10.2 Å². The van der Waals surface area contributed by atoms with E-state index in [2.05, 4.69) is 37.3 Å². The number of halogens is 1. The highest BCUT2D eigenvalue weighted by molar-refractivity contribution is 5.96. The zero-order valence-electron chi connectivity index (χ0n) is 19.6. The van der Waals surface area contributed by atoms with Crippen LogP contribution in [0.2, 0.25) is 0 Å². The van der Waals surface area contributed by atoms with Gasteiger partial charge in [0.2, 0.25) is 0 Å². The minimum absolute atomic E-state index is 0.195. The predicted molar refractivity (Wildman–Crippen MR) is 139 cm³/mol. The van der Waals surface area contributed by atoms with E-state index in [1.165, 1.54) is 0 Å². The molecule has 3 heterocycles. The van der Waals surface area contributed by atoms with Crippen molar-refractivity contribution >= 4 is 33.2 Å². The van der Waals surface area contributed by atoms with Crippen LogP contribution in [0.3, 0.4) is 0 Å². The van der Waals surface area contributed by atoms with E-state index in [1.54, 1.807) is 18.5 Å². The van der Waals surface area contributed by atoms with Gasteiger partial charge in [0, 0.05) is 66.6 Å². The molecule has 0 amide bonds. The Morgan fingerprint density at radius 1 is 0.971 bits per heavy atom. The zero-order chi connectivity index (χ0) is 23.8. The van der Waals surface area contributed by atoms with E-state index in [9.17, 15) is 0 Å². The van der Waals surface area contributed by atoms with Crippen molar-refractivity contribution < 1.29 is 4.39 Å². The number of aromatic nitrogens is 3. The lowest BCUT2D eigenvalue weighted by Crippen LogP contribution is -2.43. The number of H-pyrrole nitrogens is 1. The third kappa shape index (κ3) is 4.48. The number of rotatable bonds is 5. The summed E-state index contributed by atoms with van der Waals surface area (Å²) >= 11 is 0. The number of piperazine rings is 1. The minimum atomic E-state index is -0.195. The van der Waals surface area contributed by atoms with Crippen molar-refractivity contribution in [2.75, 3.05) is 38.5 Å². The number of aromatic amines is 1. The fourth-order valence-corrected chi connectivity index (χ4v) is 4.75. The Bertz CT molecular complexity index is 1500. The summed E-state index contributed by atoms with van der Waals surface area (Å²) in [5, 5.41) is 12.6. The third-order valence-corrected chi connectivity index (χ3v) is 6.81. The van der Waals surface area contributed by atoms with Crippen molar-refractivity contribution in [3.63, 3.8) is 0 Å². The van der Waals surface area contributed by atoms with Crippen LogP contribution in [0.25, 0.3) is 32.9 Å².